The van der Waals surface area contributed by atoms with Crippen molar-refractivity contribution in [3.63, 3.8) is 0 Å². The van der Waals surface area contributed by atoms with Crippen molar-refractivity contribution >= 4 is 11.8 Å². The highest BCUT2D eigenvalue weighted by atomic mass is 16.6. The summed E-state index contributed by atoms with van der Waals surface area (Å²) in [5, 5.41) is 0. The van der Waals surface area contributed by atoms with Gasteiger partial charge in [-0.15, -0.1) is 0 Å². The Morgan fingerprint density at radius 1 is 1.32 bits per heavy atom. The average Bonchev–Trinajstić information content (AvgIpc) is 2.60. The second kappa shape index (κ2) is 6.80. The number of nitrogens with zero attached hydrogens (tertiary/aromatic N) is 2. The van der Waals surface area contributed by atoms with Crippen LogP contribution in [0.2, 0.25) is 0 Å². The molecule has 2 heterocycles. The predicted octanol–water partition coefficient (Wildman–Crippen LogP) is 1.32. The van der Waals surface area contributed by atoms with Crippen molar-refractivity contribution in [2.24, 2.45) is 5.73 Å². The summed E-state index contributed by atoms with van der Waals surface area (Å²) in [6, 6.07) is 6.89. The maximum atomic E-state index is 11.9. The minimum Gasteiger partial charge on any atom is -0.485 e. The molecule has 1 aromatic heterocycles. The molecule has 1 aliphatic rings. The Morgan fingerprint density at radius 3 is 2.84 bits per heavy atom. The number of primary amides is 1. The molecule has 1 unspecified atom stereocenters. The zero-order valence-corrected chi connectivity index (χ0v) is 14.1. The van der Waals surface area contributed by atoms with Gasteiger partial charge in [0.25, 0.3) is 5.91 Å². The fourth-order valence-corrected chi connectivity index (χ4v) is 2.58. The Labute approximate surface area is 145 Å². The zero-order valence-electron chi connectivity index (χ0n) is 14.1. The van der Waals surface area contributed by atoms with Gasteiger partial charge >= 0.3 is 0 Å². The molecule has 25 heavy (non-hydrogen) atoms. The van der Waals surface area contributed by atoms with Gasteiger partial charge in [0.05, 0.1) is 12.0 Å². The van der Waals surface area contributed by atoms with E-state index in [9.17, 15) is 9.59 Å². The van der Waals surface area contributed by atoms with Crippen molar-refractivity contribution in [1.29, 1.82) is 0 Å². The molecular formula is C18H19N3O4. The molecule has 2 amide bonds. The molecule has 0 bridgehead atoms. The van der Waals surface area contributed by atoms with Crippen LogP contribution in [0.1, 0.15) is 27.6 Å². The minimum atomic E-state index is -0.565. The lowest BCUT2D eigenvalue weighted by Gasteiger charge is -2.27. The molecule has 0 spiro atoms. The lowest BCUT2D eigenvalue weighted by Crippen LogP contribution is -2.25. The van der Waals surface area contributed by atoms with Crippen LogP contribution in [-0.2, 0) is 11.2 Å². The summed E-state index contributed by atoms with van der Waals surface area (Å²) < 4.78 is 11.7. The van der Waals surface area contributed by atoms with Crippen molar-refractivity contribution in [1.82, 2.24) is 9.88 Å². The summed E-state index contributed by atoms with van der Waals surface area (Å²) in [4.78, 5) is 29.1. The molecule has 1 aromatic carbocycles. The van der Waals surface area contributed by atoms with Crippen LogP contribution in [0.15, 0.2) is 36.7 Å². The molecular weight excluding hydrogens is 322 g/mol. The number of hydrogen-bond acceptors (Lipinski definition) is 5. The average molecular weight is 341 g/mol. The van der Waals surface area contributed by atoms with E-state index in [4.69, 9.17) is 15.2 Å². The number of nitrogens with two attached hydrogens (primary N) is 1. The number of benzene rings is 1. The van der Waals surface area contributed by atoms with Gasteiger partial charge < -0.3 is 20.1 Å². The van der Waals surface area contributed by atoms with E-state index in [-0.39, 0.29) is 25.0 Å². The van der Waals surface area contributed by atoms with E-state index in [0.29, 0.717) is 17.1 Å². The Balaban J connectivity index is 1.82. The number of carbonyl (C=O) groups is 2. The first kappa shape index (κ1) is 16.8. The first-order valence-electron chi connectivity index (χ1n) is 7.82. The van der Waals surface area contributed by atoms with Crippen LogP contribution in [-0.4, -0.2) is 42.4 Å². The largest absolute Gasteiger partial charge is 0.485 e. The first-order chi connectivity index (χ1) is 12.0. The molecule has 1 atom stereocenters. The number of aromatic nitrogens is 1. The van der Waals surface area contributed by atoms with Crippen molar-refractivity contribution in [3.05, 3.63) is 53.3 Å². The molecule has 7 heteroatoms. The highest BCUT2D eigenvalue weighted by Gasteiger charge is 2.26. The number of carbonyl (C=O) groups excluding carboxylic acids is 2. The number of amides is 2. The second-order valence-electron chi connectivity index (χ2n) is 6.01. The second-order valence-corrected chi connectivity index (χ2v) is 6.01. The number of pyridine rings is 1. The van der Waals surface area contributed by atoms with Crippen molar-refractivity contribution in [2.75, 3.05) is 20.7 Å². The van der Waals surface area contributed by atoms with Gasteiger partial charge in [-0.05, 0) is 23.8 Å². The molecule has 3 rings (SSSR count). The maximum absolute atomic E-state index is 11.9. The number of likely N-dealkylation sites (N-methyl/N-ethyl adjacent to an activating group) is 1. The van der Waals surface area contributed by atoms with Crippen LogP contribution in [0.5, 0.6) is 11.5 Å². The van der Waals surface area contributed by atoms with E-state index >= 15 is 0 Å². The molecule has 2 aromatic rings. The lowest BCUT2D eigenvalue weighted by atomic mass is 10.1. The van der Waals surface area contributed by atoms with Gasteiger partial charge in [-0.3, -0.25) is 14.6 Å². The van der Waals surface area contributed by atoms with Crippen LogP contribution >= 0.6 is 0 Å². The van der Waals surface area contributed by atoms with Crippen LogP contribution in [0, 0.1) is 0 Å². The van der Waals surface area contributed by atoms with Crippen molar-refractivity contribution in [2.45, 2.75) is 12.5 Å². The Kier molecular flexibility index (Phi) is 4.56. The molecule has 0 saturated carbocycles. The molecule has 0 radical (unpaired) electrons. The third kappa shape index (κ3) is 3.55. The van der Waals surface area contributed by atoms with Gasteiger partial charge in [0.2, 0.25) is 5.91 Å². The third-order valence-electron chi connectivity index (χ3n) is 3.93. The number of fused-ring (bicyclic) bond motifs is 1. The van der Waals surface area contributed by atoms with E-state index in [1.807, 2.05) is 6.07 Å². The van der Waals surface area contributed by atoms with Gasteiger partial charge in [-0.25, -0.2) is 0 Å². The predicted molar refractivity (Wildman–Crippen MR) is 90.5 cm³/mol. The van der Waals surface area contributed by atoms with E-state index < -0.39 is 5.91 Å². The van der Waals surface area contributed by atoms with Crippen LogP contribution < -0.4 is 15.2 Å². The van der Waals surface area contributed by atoms with Crippen LogP contribution in [0.3, 0.4) is 0 Å². The molecule has 130 valence electrons. The minimum absolute atomic E-state index is 0.00351. The van der Waals surface area contributed by atoms with Crippen LogP contribution in [0.25, 0.3) is 0 Å². The van der Waals surface area contributed by atoms with E-state index in [1.54, 1.807) is 44.7 Å². The fraction of sp³-hybridized carbons (Fsp3) is 0.278. The Morgan fingerprint density at radius 2 is 2.12 bits per heavy atom. The van der Waals surface area contributed by atoms with E-state index in [1.165, 1.54) is 4.90 Å². The zero-order chi connectivity index (χ0) is 18.0. The van der Waals surface area contributed by atoms with Gasteiger partial charge in [0.1, 0.15) is 6.61 Å². The molecule has 0 aliphatic carbocycles. The van der Waals surface area contributed by atoms with Gasteiger partial charge in [-0.2, -0.15) is 0 Å². The SMILES string of the molecule is CN(C)C(=O)Cc1cncc(C2COc3c(cccc3C(N)=O)O2)c1. The summed E-state index contributed by atoms with van der Waals surface area (Å²) in [6.07, 6.45) is 3.23. The van der Waals surface area contributed by atoms with Crippen molar-refractivity contribution < 1.29 is 19.1 Å². The van der Waals surface area contributed by atoms with E-state index in [0.717, 1.165) is 11.1 Å². The lowest BCUT2D eigenvalue weighted by molar-refractivity contribution is -0.127. The number of rotatable bonds is 4. The summed E-state index contributed by atoms with van der Waals surface area (Å²) >= 11 is 0. The Bertz CT molecular complexity index is 820. The number of hydrogen-bond donors (Lipinski definition) is 1. The van der Waals surface area contributed by atoms with Crippen molar-refractivity contribution in [3.8, 4) is 11.5 Å². The smallest absolute Gasteiger partial charge is 0.252 e. The quantitative estimate of drug-likeness (QED) is 0.905. The van der Waals surface area contributed by atoms with Gasteiger partial charge in [-0.1, -0.05) is 6.07 Å². The molecule has 2 N–H and O–H groups in total. The highest BCUT2D eigenvalue weighted by Crippen LogP contribution is 2.38. The normalized spacial score (nSPS) is 15.5. The standard InChI is InChI=1S/C18H19N3O4/c1-21(2)16(22)7-11-6-12(9-20-8-11)15-10-24-17-13(18(19)23)4-3-5-14(17)25-15/h3-6,8-9,15H,7,10H2,1-2H3,(H2,19,23). The monoisotopic (exact) mass is 341 g/mol. The highest BCUT2D eigenvalue weighted by molar-refractivity contribution is 5.96. The topological polar surface area (TPSA) is 94.8 Å². The third-order valence-corrected chi connectivity index (χ3v) is 3.93. The van der Waals surface area contributed by atoms with Gasteiger partial charge in [0.15, 0.2) is 17.6 Å². The van der Waals surface area contributed by atoms with Gasteiger partial charge in [0, 0.05) is 32.1 Å². The van der Waals surface area contributed by atoms with Crippen LogP contribution in [0.4, 0.5) is 0 Å². The molecule has 0 saturated heterocycles. The number of ether oxygens (including phenoxy) is 2. The summed E-state index contributed by atoms with van der Waals surface area (Å²) in [5.41, 5.74) is 7.25. The summed E-state index contributed by atoms with van der Waals surface area (Å²) in [5.74, 6) is 0.251. The fourth-order valence-electron chi connectivity index (χ4n) is 2.58. The molecule has 7 nitrogen and oxygen atoms in total. The van der Waals surface area contributed by atoms with E-state index in [2.05, 4.69) is 4.98 Å². The summed E-state index contributed by atoms with van der Waals surface area (Å²) in [6.45, 7) is 0.226. The molecule has 1 aliphatic heterocycles. The number of para-hydroxylation sites is 1. The first-order valence-corrected chi connectivity index (χ1v) is 7.82. The molecule has 0 fully saturated rings. The Hall–Kier alpha value is -3.09. The maximum Gasteiger partial charge on any atom is 0.252 e. The summed E-state index contributed by atoms with van der Waals surface area (Å²) in [7, 11) is 3.43.